The van der Waals surface area contributed by atoms with Crippen molar-refractivity contribution >= 4 is 5.91 Å². The smallest absolute Gasteiger partial charge is 0.227 e. The van der Waals surface area contributed by atoms with Crippen LogP contribution < -0.4 is 11.1 Å². The molecule has 4 nitrogen and oxygen atoms in total. The number of carbonyl (C=O) groups is 1. The van der Waals surface area contributed by atoms with Gasteiger partial charge in [0.2, 0.25) is 5.91 Å². The van der Waals surface area contributed by atoms with Gasteiger partial charge >= 0.3 is 0 Å². The zero-order valence-electron chi connectivity index (χ0n) is 9.13. The van der Waals surface area contributed by atoms with E-state index in [9.17, 15) is 4.79 Å². The van der Waals surface area contributed by atoms with Crippen LogP contribution in [-0.4, -0.2) is 32.2 Å². The zero-order chi connectivity index (χ0) is 10.7. The monoisotopic (exact) mass is 212 g/mol. The van der Waals surface area contributed by atoms with Crippen LogP contribution in [0.4, 0.5) is 0 Å². The Kier molecular flexibility index (Phi) is 3.26. The van der Waals surface area contributed by atoms with E-state index >= 15 is 0 Å². The summed E-state index contributed by atoms with van der Waals surface area (Å²) in [5.74, 6) is 0.659. The minimum atomic E-state index is -0.237. The Bertz CT molecular complexity index is 227. The van der Waals surface area contributed by atoms with Crippen molar-refractivity contribution in [3.63, 3.8) is 0 Å². The Morgan fingerprint density at radius 2 is 2.33 bits per heavy atom. The van der Waals surface area contributed by atoms with Gasteiger partial charge in [-0.15, -0.1) is 0 Å². The van der Waals surface area contributed by atoms with Crippen LogP contribution in [0.3, 0.4) is 0 Å². The first-order valence-corrected chi connectivity index (χ1v) is 5.83. The number of carbonyl (C=O) groups excluding carboxylic acids is 1. The first-order valence-electron chi connectivity index (χ1n) is 5.83. The summed E-state index contributed by atoms with van der Waals surface area (Å²) in [5.41, 5.74) is 5.43. The number of rotatable bonds is 4. The van der Waals surface area contributed by atoms with E-state index in [1.54, 1.807) is 0 Å². The van der Waals surface area contributed by atoms with Crippen LogP contribution in [0.15, 0.2) is 0 Å². The molecule has 0 radical (unpaired) electrons. The Hall–Kier alpha value is -0.610. The van der Waals surface area contributed by atoms with Gasteiger partial charge in [-0.1, -0.05) is 6.42 Å². The van der Waals surface area contributed by atoms with Gasteiger partial charge in [0.25, 0.3) is 0 Å². The van der Waals surface area contributed by atoms with Crippen molar-refractivity contribution in [1.29, 1.82) is 0 Å². The molecule has 86 valence electrons. The van der Waals surface area contributed by atoms with E-state index in [4.69, 9.17) is 10.5 Å². The van der Waals surface area contributed by atoms with Gasteiger partial charge in [-0.05, 0) is 19.3 Å². The van der Waals surface area contributed by atoms with Gasteiger partial charge < -0.3 is 15.8 Å². The van der Waals surface area contributed by atoms with Crippen LogP contribution in [-0.2, 0) is 9.53 Å². The number of amides is 1. The van der Waals surface area contributed by atoms with Crippen molar-refractivity contribution in [3.05, 3.63) is 0 Å². The van der Waals surface area contributed by atoms with E-state index in [0.717, 1.165) is 45.4 Å². The van der Waals surface area contributed by atoms with Gasteiger partial charge in [-0.2, -0.15) is 0 Å². The molecule has 15 heavy (non-hydrogen) atoms. The average Bonchev–Trinajstić information content (AvgIpc) is 2.66. The number of nitrogens with one attached hydrogen (secondary N) is 1. The molecule has 0 bridgehead atoms. The number of hydrogen-bond donors (Lipinski definition) is 2. The molecule has 1 atom stereocenters. The first-order chi connectivity index (χ1) is 7.27. The number of ether oxygens (including phenoxy) is 1. The van der Waals surface area contributed by atoms with E-state index in [2.05, 4.69) is 5.32 Å². The molecular formula is C11H20N2O2. The van der Waals surface area contributed by atoms with Crippen LogP contribution in [0.25, 0.3) is 0 Å². The highest BCUT2D eigenvalue weighted by Gasteiger charge is 2.42. The molecule has 0 aromatic carbocycles. The molecule has 1 aliphatic heterocycles. The van der Waals surface area contributed by atoms with Crippen LogP contribution >= 0.6 is 0 Å². The molecule has 1 amide bonds. The summed E-state index contributed by atoms with van der Waals surface area (Å²) in [7, 11) is 0. The van der Waals surface area contributed by atoms with E-state index in [-0.39, 0.29) is 11.3 Å². The van der Waals surface area contributed by atoms with Crippen molar-refractivity contribution in [2.24, 2.45) is 17.1 Å². The Morgan fingerprint density at radius 3 is 2.80 bits per heavy atom. The topological polar surface area (TPSA) is 64.4 Å². The van der Waals surface area contributed by atoms with Crippen molar-refractivity contribution < 1.29 is 9.53 Å². The molecule has 2 rings (SSSR count). The van der Waals surface area contributed by atoms with Crippen LogP contribution in [0, 0.1) is 11.3 Å². The maximum atomic E-state index is 11.9. The lowest BCUT2D eigenvalue weighted by Crippen LogP contribution is -2.51. The molecule has 1 saturated heterocycles. The maximum absolute atomic E-state index is 11.9. The lowest BCUT2D eigenvalue weighted by atomic mass is 9.68. The van der Waals surface area contributed by atoms with Gasteiger partial charge in [0.15, 0.2) is 0 Å². The van der Waals surface area contributed by atoms with Crippen LogP contribution in [0.1, 0.15) is 25.7 Å². The average molecular weight is 212 g/mol. The summed E-state index contributed by atoms with van der Waals surface area (Å²) >= 11 is 0. The molecule has 0 aromatic heterocycles. The minimum Gasteiger partial charge on any atom is -0.381 e. The third kappa shape index (κ3) is 2.16. The second-order valence-electron chi connectivity index (χ2n) is 4.78. The summed E-state index contributed by atoms with van der Waals surface area (Å²) in [6.07, 6.45) is 4.11. The maximum Gasteiger partial charge on any atom is 0.227 e. The predicted molar refractivity (Wildman–Crippen MR) is 57.3 cm³/mol. The fraction of sp³-hybridized carbons (Fsp3) is 0.909. The SMILES string of the molecule is NCC1(C(=O)NCC2CCOC2)CCC1. The van der Waals surface area contributed by atoms with Crippen LogP contribution in [0.2, 0.25) is 0 Å². The second kappa shape index (κ2) is 4.49. The Labute approximate surface area is 90.5 Å². The fourth-order valence-corrected chi connectivity index (χ4v) is 2.30. The van der Waals surface area contributed by atoms with E-state index in [1.807, 2.05) is 0 Å². The standard InChI is InChI=1S/C11H20N2O2/c12-8-11(3-1-4-11)10(14)13-6-9-2-5-15-7-9/h9H,1-8,12H2,(H,13,14). The van der Waals surface area contributed by atoms with Crippen molar-refractivity contribution in [2.75, 3.05) is 26.3 Å². The highest BCUT2D eigenvalue weighted by atomic mass is 16.5. The molecule has 1 heterocycles. The quantitative estimate of drug-likeness (QED) is 0.703. The highest BCUT2D eigenvalue weighted by Crippen LogP contribution is 2.40. The summed E-state index contributed by atoms with van der Waals surface area (Å²) in [6.45, 7) is 2.86. The van der Waals surface area contributed by atoms with E-state index in [0.29, 0.717) is 12.5 Å². The van der Waals surface area contributed by atoms with Crippen molar-refractivity contribution in [1.82, 2.24) is 5.32 Å². The molecule has 0 aromatic rings. The highest BCUT2D eigenvalue weighted by molar-refractivity contribution is 5.83. The molecule has 1 aliphatic carbocycles. The minimum absolute atomic E-state index is 0.156. The Morgan fingerprint density at radius 1 is 1.53 bits per heavy atom. The summed E-state index contributed by atoms with van der Waals surface area (Å²) in [4.78, 5) is 11.9. The van der Waals surface area contributed by atoms with E-state index in [1.165, 1.54) is 0 Å². The molecule has 2 aliphatic rings. The Balaban J connectivity index is 1.76. The molecule has 1 saturated carbocycles. The number of hydrogen-bond acceptors (Lipinski definition) is 3. The third-order valence-corrected chi connectivity index (χ3v) is 3.76. The molecule has 3 N–H and O–H groups in total. The predicted octanol–water partition coefficient (Wildman–Crippen LogP) is 0.268. The lowest BCUT2D eigenvalue weighted by Gasteiger charge is -2.39. The van der Waals surface area contributed by atoms with Crippen molar-refractivity contribution in [3.8, 4) is 0 Å². The zero-order valence-corrected chi connectivity index (χ0v) is 9.13. The number of nitrogens with two attached hydrogens (primary N) is 1. The first kappa shape index (κ1) is 10.9. The van der Waals surface area contributed by atoms with Crippen molar-refractivity contribution in [2.45, 2.75) is 25.7 Å². The molecule has 4 heteroatoms. The van der Waals surface area contributed by atoms with E-state index < -0.39 is 0 Å². The molecular weight excluding hydrogens is 192 g/mol. The third-order valence-electron chi connectivity index (χ3n) is 3.76. The summed E-state index contributed by atoms with van der Waals surface area (Å²) in [5, 5.41) is 3.02. The second-order valence-corrected chi connectivity index (χ2v) is 4.78. The molecule has 2 fully saturated rings. The lowest BCUT2D eigenvalue weighted by molar-refractivity contribution is -0.135. The summed E-state index contributed by atoms with van der Waals surface area (Å²) in [6, 6.07) is 0. The normalized spacial score (nSPS) is 28.5. The molecule has 0 spiro atoms. The van der Waals surface area contributed by atoms with Gasteiger partial charge in [-0.3, -0.25) is 4.79 Å². The molecule has 1 unspecified atom stereocenters. The largest absolute Gasteiger partial charge is 0.381 e. The van der Waals surface area contributed by atoms with Gasteiger partial charge in [0, 0.05) is 25.6 Å². The van der Waals surface area contributed by atoms with Gasteiger partial charge in [-0.25, -0.2) is 0 Å². The van der Waals surface area contributed by atoms with Crippen LogP contribution in [0.5, 0.6) is 0 Å². The summed E-state index contributed by atoms with van der Waals surface area (Å²) < 4.78 is 5.27. The van der Waals surface area contributed by atoms with Gasteiger partial charge in [0.1, 0.15) is 0 Å². The van der Waals surface area contributed by atoms with Gasteiger partial charge in [0.05, 0.1) is 12.0 Å². The fourth-order valence-electron chi connectivity index (χ4n) is 2.30.